The molecule has 1 rings (SSSR count). The lowest BCUT2D eigenvalue weighted by atomic mass is 10.4. The molecule has 0 aliphatic carbocycles. The first-order chi connectivity index (χ1) is 6.19. The Morgan fingerprint density at radius 2 is 2.23 bits per heavy atom. The van der Waals surface area contributed by atoms with Crippen LogP contribution in [0.25, 0.3) is 0 Å². The number of carbonyl (C=O) groups is 1. The number of halogens is 1. The molecule has 0 saturated carbocycles. The van der Waals surface area contributed by atoms with Crippen LogP contribution in [-0.2, 0) is 4.74 Å². The monoisotopic (exact) mass is 202 g/mol. The van der Waals surface area contributed by atoms with E-state index in [9.17, 15) is 4.79 Å². The molecular weight excluding hydrogens is 196 g/mol. The number of rotatable bonds is 2. The summed E-state index contributed by atoms with van der Waals surface area (Å²) in [6.45, 7) is 0. The van der Waals surface area contributed by atoms with Gasteiger partial charge >= 0.3 is 5.97 Å². The van der Waals surface area contributed by atoms with Gasteiger partial charge in [0.2, 0.25) is 5.88 Å². The Labute approximate surface area is 79.7 Å². The number of ether oxygens (including phenoxy) is 2. The average Bonchev–Trinajstić information content (AvgIpc) is 2.17. The lowest BCUT2D eigenvalue weighted by Crippen LogP contribution is -2.07. The molecule has 70 valence electrons. The van der Waals surface area contributed by atoms with E-state index >= 15 is 0 Å². The van der Waals surface area contributed by atoms with Gasteiger partial charge in [-0.25, -0.2) is 14.8 Å². The minimum absolute atomic E-state index is 0.00681. The summed E-state index contributed by atoms with van der Waals surface area (Å²) in [5.74, 6) is -0.429. The number of carbonyl (C=O) groups excluding carboxylic acids is 1. The molecule has 6 heteroatoms. The van der Waals surface area contributed by atoms with Gasteiger partial charge in [-0.1, -0.05) is 11.6 Å². The first kappa shape index (κ1) is 9.73. The van der Waals surface area contributed by atoms with Crippen molar-refractivity contribution in [2.24, 2.45) is 0 Å². The number of hydrogen-bond donors (Lipinski definition) is 0. The maximum atomic E-state index is 11.0. The van der Waals surface area contributed by atoms with Crippen LogP contribution in [0.5, 0.6) is 5.88 Å². The Morgan fingerprint density at radius 3 is 2.77 bits per heavy atom. The van der Waals surface area contributed by atoms with Crippen LogP contribution in [0.3, 0.4) is 0 Å². The van der Waals surface area contributed by atoms with Crippen LogP contribution < -0.4 is 4.74 Å². The first-order valence-electron chi connectivity index (χ1n) is 3.34. The zero-order valence-electron chi connectivity index (χ0n) is 7.07. The second kappa shape index (κ2) is 4.04. The van der Waals surface area contributed by atoms with Crippen molar-refractivity contribution in [2.45, 2.75) is 0 Å². The predicted octanol–water partition coefficient (Wildman–Crippen LogP) is 0.925. The fourth-order valence-electron chi connectivity index (χ4n) is 0.683. The van der Waals surface area contributed by atoms with Gasteiger partial charge < -0.3 is 9.47 Å². The first-order valence-corrected chi connectivity index (χ1v) is 3.71. The summed E-state index contributed by atoms with van der Waals surface area (Å²) in [4.78, 5) is 18.5. The van der Waals surface area contributed by atoms with E-state index in [0.717, 1.165) is 0 Å². The molecule has 1 heterocycles. The van der Waals surface area contributed by atoms with Gasteiger partial charge in [0.15, 0.2) is 10.8 Å². The SMILES string of the molecule is COC(=O)c1nc(OC)cnc1Cl. The van der Waals surface area contributed by atoms with Crippen LogP contribution >= 0.6 is 11.6 Å². The molecule has 0 unspecified atom stereocenters. The Morgan fingerprint density at radius 1 is 1.54 bits per heavy atom. The van der Waals surface area contributed by atoms with Crippen LogP contribution in [0.4, 0.5) is 0 Å². The van der Waals surface area contributed by atoms with Gasteiger partial charge in [-0.05, 0) is 0 Å². The zero-order chi connectivity index (χ0) is 9.84. The molecule has 0 atom stereocenters. The number of esters is 1. The van der Waals surface area contributed by atoms with Gasteiger partial charge in [0.1, 0.15) is 0 Å². The molecule has 0 spiro atoms. The van der Waals surface area contributed by atoms with Crippen LogP contribution in [0, 0.1) is 0 Å². The molecule has 1 aromatic heterocycles. The summed E-state index contributed by atoms with van der Waals surface area (Å²) in [5.41, 5.74) is -0.0523. The minimum Gasteiger partial charge on any atom is -0.480 e. The second-order valence-corrected chi connectivity index (χ2v) is 2.40. The molecule has 0 aromatic carbocycles. The minimum atomic E-state index is -0.642. The summed E-state index contributed by atoms with van der Waals surface area (Å²) in [6.07, 6.45) is 1.31. The van der Waals surface area contributed by atoms with Crippen LogP contribution in [-0.4, -0.2) is 30.2 Å². The van der Waals surface area contributed by atoms with Gasteiger partial charge in [-0.2, -0.15) is 0 Å². The van der Waals surface area contributed by atoms with E-state index in [0.29, 0.717) is 0 Å². The summed E-state index contributed by atoms with van der Waals surface area (Å²) in [7, 11) is 2.65. The van der Waals surface area contributed by atoms with E-state index in [1.807, 2.05) is 0 Å². The van der Waals surface area contributed by atoms with Gasteiger partial charge in [0.25, 0.3) is 0 Å². The number of nitrogens with zero attached hydrogens (tertiary/aromatic N) is 2. The Kier molecular flexibility index (Phi) is 3.02. The third-order valence-electron chi connectivity index (χ3n) is 1.29. The van der Waals surface area contributed by atoms with Gasteiger partial charge in [0, 0.05) is 0 Å². The van der Waals surface area contributed by atoms with Gasteiger partial charge in [0.05, 0.1) is 20.4 Å². The third-order valence-corrected chi connectivity index (χ3v) is 1.57. The summed E-state index contributed by atoms with van der Waals surface area (Å²) >= 11 is 5.60. The highest BCUT2D eigenvalue weighted by atomic mass is 35.5. The van der Waals surface area contributed by atoms with Crippen molar-refractivity contribution in [3.05, 3.63) is 17.0 Å². The second-order valence-electron chi connectivity index (χ2n) is 2.04. The summed E-state index contributed by atoms with van der Waals surface area (Å²) in [5, 5.41) is -0.00681. The molecule has 0 fully saturated rings. The van der Waals surface area contributed by atoms with E-state index in [4.69, 9.17) is 16.3 Å². The van der Waals surface area contributed by atoms with Gasteiger partial charge in [-0.3, -0.25) is 0 Å². The van der Waals surface area contributed by atoms with E-state index in [-0.39, 0.29) is 16.7 Å². The van der Waals surface area contributed by atoms with E-state index in [1.165, 1.54) is 20.4 Å². The fraction of sp³-hybridized carbons (Fsp3) is 0.286. The van der Waals surface area contributed by atoms with E-state index in [1.54, 1.807) is 0 Å². The molecule has 0 amide bonds. The quantitative estimate of drug-likeness (QED) is 0.668. The average molecular weight is 203 g/mol. The van der Waals surface area contributed by atoms with E-state index < -0.39 is 5.97 Å². The molecule has 0 radical (unpaired) electrons. The molecule has 0 aliphatic heterocycles. The number of hydrogen-bond acceptors (Lipinski definition) is 5. The topological polar surface area (TPSA) is 61.3 Å². The molecule has 0 saturated heterocycles. The van der Waals surface area contributed by atoms with Crippen molar-refractivity contribution < 1.29 is 14.3 Å². The maximum Gasteiger partial charge on any atom is 0.360 e. The summed E-state index contributed by atoms with van der Waals surface area (Å²) in [6, 6.07) is 0. The molecule has 0 N–H and O–H groups in total. The highest BCUT2D eigenvalue weighted by molar-refractivity contribution is 6.32. The molecular formula is C7H7ClN2O3. The largest absolute Gasteiger partial charge is 0.480 e. The molecule has 13 heavy (non-hydrogen) atoms. The normalized spacial score (nSPS) is 9.46. The van der Waals surface area contributed by atoms with Crippen molar-refractivity contribution in [3.63, 3.8) is 0 Å². The molecule has 0 aliphatic rings. The third kappa shape index (κ3) is 2.06. The lowest BCUT2D eigenvalue weighted by Gasteiger charge is -2.02. The highest BCUT2D eigenvalue weighted by Gasteiger charge is 2.14. The Balaban J connectivity index is 3.11. The van der Waals surface area contributed by atoms with E-state index in [2.05, 4.69) is 14.7 Å². The van der Waals surface area contributed by atoms with Crippen molar-refractivity contribution >= 4 is 17.6 Å². The maximum absolute atomic E-state index is 11.0. The van der Waals surface area contributed by atoms with Gasteiger partial charge in [-0.15, -0.1) is 0 Å². The lowest BCUT2D eigenvalue weighted by molar-refractivity contribution is 0.0592. The van der Waals surface area contributed by atoms with Crippen molar-refractivity contribution in [3.8, 4) is 5.88 Å². The fourth-order valence-corrected chi connectivity index (χ4v) is 0.851. The zero-order valence-corrected chi connectivity index (χ0v) is 7.83. The number of methoxy groups -OCH3 is 2. The van der Waals surface area contributed by atoms with Crippen LogP contribution in [0.15, 0.2) is 6.20 Å². The van der Waals surface area contributed by atoms with Crippen LogP contribution in [0.1, 0.15) is 10.5 Å². The Bertz CT molecular complexity index is 330. The predicted molar refractivity (Wildman–Crippen MR) is 44.9 cm³/mol. The van der Waals surface area contributed by atoms with Crippen molar-refractivity contribution in [2.75, 3.05) is 14.2 Å². The summed E-state index contributed by atoms with van der Waals surface area (Å²) < 4.78 is 9.20. The van der Waals surface area contributed by atoms with Crippen molar-refractivity contribution in [1.82, 2.24) is 9.97 Å². The molecule has 0 bridgehead atoms. The van der Waals surface area contributed by atoms with Crippen LogP contribution in [0.2, 0.25) is 5.15 Å². The molecule has 1 aromatic rings. The standard InChI is InChI=1S/C7H7ClN2O3/c1-12-4-3-9-6(8)5(10-4)7(11)13-2/h3H,1-2H3. The Hall–Kier alpha value is -1.36. The smallest absolute Gasteiger partial charge is 0.360 e. The highest BCUT2D eigenvalue weighted by Crippen LogP contribution is 2.14. The molecule has 5 nitrogen and oxygen atoms in total. The van der Waals surface area contributed by atoms with Crippen molar-refractivity contribution in [1.29, 1.82) is 0 Å². The number of aromatic nitrogens is 2.